The highest BCUT2D eigenvalue weighted by Crippen LogP contribution is 2.29. The molecule has 1 fully saturated rings. The highest BCUT2D eigenvalue weighted by Gasteiger charge is 2.31. The van der Waals surface area contributed by atoms with E-state index in [1.54, 1.807) is 18.2 Å². The molecule has 0 aliphatic carbocycles. The average molecular weight is 379 g/mol. The number of para-hydroxylation sites is 1. The summed E-state index contributed by atoms with van der Waals surface area (Å²) >= 11 is 12.0. The summed E-state index contributed by atoms with van der Waals surface area (Å²) in [5.41, 5.74) is 0.410. The first-order valence-electron chi connectivity index (χ1n) is 7.50. The molecule has 5 nitrogen and oxygen atoms in total. The fourth-order valence-corrected chi connectivity index (χ4v) is 4.98. The van der Waals surface area contributed by atoms with E-state index < -0.39 is 9.84 Å². The molecule has 0 aromatic heterocycles. The fraction of sp³-hybridized carbons (Fsp3) is 0.533. The van der Waals surface area contributed by atoms with E-state index >= 15 is 0 Å². The minimum atomic E-state index is -2.93. The van der Waals surface area contributed by atoms with E-state index in [0.717, 1.165) is 0 Å². The third kappa shape index (κ3) is 5.08. The molecule has 1 N–H and O–H groups in total. The van der Waals surface area contributed by atoms with Crippen LogP contribution in [0.15, 0.2) is 18.2 Å². The van der Waals surface area contributed by atoms with Gasteiger partial charge in [-0.2, -0.15) is 0 Å². The van der Waals surface area contributed by atoms with Crippen LogP contribution in [0, 0.1) is 0 Å². The normalized spacial score (nSPS) is 19.9. The van der Waals surface area contributed by atoms with Gasteiger partial charge in [0.15, 0.2) is 9.84 Å². The van der Waals surface area contributed by atoms with Crippen LogP contribution in [0.2, 0.25) is 10.0 Å². The maximum atomic E-state index is 12.1. The Balaban J connectivity index is 1.90. The number of benzene rings is 1. The predicted molar refractivity (Wildman–Crippen MR) is 94.0 cm³/mol. The van der Waals surface area contributed by atoms with Gasteiger partial charge in [-0.3, -0.25) is 9.69 Å². The van der Waals surface area contributed by atoms with Gasteiger partial charge in [-0.05, 0) is 25.1 Å². The van der Waals surface area contributed by atoms with Crippen LogP contribution >= 0.6 is 23.2 Å². The largest absolute Gasteiger partial charge is 0.324 e. The first-order chi connectivity index (χ1) is 10.8. The smallest absolute Gasteiger partial charge is 0.225 e. The number of rotatable bonds is 6. The Kier molecular flexibility index (Phi) is 6.31. The van der Waals surface area contributed by atoms with Crippen molar-refractivity contribution in [2.75, 3.05) is 29.9 Å². The topological polar surface area (TPSA) is 66.5 Å². The Bertz CT molecular complexity index is 659. The van der Waals surface area contributed by atoms with Gasteiger partial charge >= 0.3 is 0 Å². The van der Waals surface area contributed by atoms with Gasteiger partial charge in [0.05, 0.1) is 27.2 Å². The van der Waals surface area contributed by atoms with Gasteiger partial charge in [0.25, 0.3) is 0 Å². The molecular weight excluding hydrogens is 359 g/mol. The number of halogens is 2. The SMILES string of the molecule is CCN(CCC(=O)Nc1c(Cl)cccc1Cl)C1CCS(=O)(=O)C1. The monoisotopic (exact) mass is 378 g/mol. The summed E-state index contributed by atoms with van der Waals surface area (Å²) in [4.78, 5) is 14.1. The summed E-state index contributed by atoms with van der Waals surface area (Å²) in [7, 11) is -2.93. The molecule has 1 unspecified atom stereocenters. The van der Waals surface area contributed by atoms with Crippen LogP contribution in [0.5, 0.6) is 0 Å². The molecule has 23 heavy (non-hydrogen) atoms. The minimum Gasteiger partial charge on any atom is -0.324 e. The third-order valence-electron chi connectivity index (χ3n) is 3.98. The molecule has 1 heterocycles. The van der Waals surface area contributed by atoms with Crippen LogP contribution in [-0.4, -0.2) is 49.9 Å². The molecule has 1 aromatic carbocycles. The number of anilines is 1. The third-order valence-corrected chi connectivity index (χ3v) is 6.36. The molecule has 1 aliphatic heterocycles. The van der Waals surface area contributed by atoms with Gasteiger partial charge in [-0.1, -0.05) is 36.2 Å². The van der Waals surface area contributed by atoms with Gasteiger partial charge in [-0.25, -0.2) is 8.42 Å². The van der Waals surface area contributed by atoms with Crippen molar-refractivity contribution >= 4 is 44.6 Å². The van der Waals surface area contributed by atoms with Crippen LogP contribution in [-0.2, 0) is 14.6 Å². The number of carbonyl (C=O) groups is 1. The van der Waals surface area contributed by atoms with Crippen molar-refractivity contribution in [2.45, 2.75) is 25.8 Å². The first kappa shape index (κ1) is 18.5. The molecule has 1 aliphatic rings. The number of nitrogens with one attached hydrogen (secondary N) is 1. The summed E-state index contributed by atoms with van der Waals surface area (Å²) in [6, 6.07) is 5.02. The van der Waals surface area contributed by atoms with Crippen LogP contribution in [0.1, 0.15) is 19.8 Å². The molecule has 8 heteroatoms. The predicted octanol–water partition coefficient (Wildman–Crippen LogP) is 2.83. The molecule has 0 spiro atoms. The van der Waals surface area contributed by atoms with Crippen LogP contribution < -0.4 is 5.32 Å². The molecule has 1 saturated heterocycles. The van der Waals surface area contributed by atoms with Gasteiger partial charge in [0, 0.05) is 19.0 Å². The molecule has 1 aromatic rings. The quantitative estimate of drug-likeness (QED) is 0.826. The minimum absolute atomic E-state index is 0.00158. The summed E-state index contributed by atoms with van der Waals surface area (Å²) in [5.74, 6) is 0.216. The van der Waals surface area contributed by atoms with Crippen molar-refractivity contribution in [3.05, 3.63) is 28.2 Å². The van der Waals surface area contributed by atoms with Crippen molar-refractivity contribution in [1.29, 1.82) is 0 Å². The highest BCUT2D eigenvalue weighted by atomic mass is 35.5. The zero-order chi connectivity index (χ0) is 17.0. The van der Waals surface area contributed by atoms with Crippen molar-refractivity contribution in [1.82, 2.24) is 4.90 Å². The molecule has 128 valence electrons. The second kappa shape index (κ2) is 7.83. The zero-order valence-electron chi connectivity index (χ0n) is 12.9. The van der Waals surface area contributed by atoms with E-state index in [2.05, 4.69) is 5.32 Å². The van der Waals surface area contributed by atoms with E-state index in [4.69, 9.17) is 23.2 Å². The molecule has 0 radical (unpaired) electrons. The molecule has 2 rings (SSSR count). The summed E-state index contributed by atoms with van der Waals surface area (Å²) in [6.45, 7) is 3.18. The number of sulfone groups is 1. The number of hydrogen-bond acceptors (Lipinski definition) is 4. The van der Waals surface area contributed by atoms with Crippen molar-refractivity contribution < 1.29 is 13.2 Å². The van der Waals surface area contributed by atoms with E-state index in [0.29, 0.717) is 35.2 Å². The molecule has 1 atom stereocenters. The fourth-order valence-electron chi connectivity index (χ4n) is 2.73. The number of carbonyl (C=O) groups excluding carboxylic acids is 1. The van der Waals surface area contributed by atoms with E-state index in [-0.39, 0.29) is 29.9 Å². The van der Waals surface area contributed by atoms with E-state index in [1.807, 2.05) is 11.8 Å². The van der Waals surface area contributed by atoms with Crippen molar-refractivity contribution in [2.24, 2.45) is 0 Å². The van der Waals surface area contributed by atoms with Crippen LogP contribution in [0.25, 0.3) is 0 Å². The van der Waals surface area contributed by atoms with Crippen molar-refractivity contribution in [3.63, 3.8) is 0 Å². The lowest BCUT2D eigenvalue weighted by atomic mass is 10.2. The Morgan fingerprint density at radius 3 is 2.52 bits per heavy atom. The second-order valence-electron chi connectivity index (χ2n) is 5.58. The average Bonchev–Trinajstić information content (AvgIpc) is 2.84. The Morgan fingerprint density at radius 2 is 2.00 bits per heavy atom. The lowest BCUT2D eigenvalue weighted by molar-refractivity contribution is -0.116. The van der Waals surface area contributed by atoms with E-state index in [1.165, 1.54) is 0 Å². The maximum Gasteiger partial charge on any atom is 0.225 e. The standard InChI is InChI=1S/C15H20Cl2N2O3S/c1-2-19(11-7-9-23(21,22)10-11)8-6-14(20)18-15-12(16)4-3-5-13(15)17/h3-5,11H,2,6-10H2,1H3,(H,18,20). The van der Waals surface area contributed by atoms with Gasteiger partial charge < -0.3 is 5.32 Å². The highest BCUT2D eigenvalue weighted by molar-refractivity contribution is 7.91. The summed E-state index contributed by atoms with van der Waals surface area (Å²) in [5, 5.41) is 3.49. The Labute approximate surface area is 146 Å². The van der Waals surface area contributed by atoms with E-state index in [9.17, 15) is 13.2 Å². The molecule has 1 amide bonds. The van der Waals surface area contributed by atoms with Gasteiger partial charge in [0.2, 0.25) is 5.91 Å². The number of nitrogens with zero attached hydrogens (tertiary/aromatic N) is 1. The molecular formula is C15H20Cl2N2O3S. The Hall–Kier alpha value is -0.820. The summed E-state index contributed by atoms with van der Waals surface area (Å²) < 4.78 is 23.2. The van der Waals surface area contributed by atoms with Crippen LogP contribution in [0.4, 0.5) is 5.69 Å². The lowest BCUT2D eigenvalue weighted by Gasteiger charge is -2.26. The van der Waals surface area contributed by atoms with Gasteiger partial charge in [0.1, 0.15) is 0 Å². The first-order valence-corrected chi connectivity index (χ1v) is 10.1. The lowest BCUT2D eigenvalue weighted by Crippen LogP contribution is -2.38. The van der Waals surface area contributed by atoms with Crippen molar-refractivity contribution in [3.8, 4) is 0 Å². The number of hydrogen-bond donors (Lipinski definition) is 1. The van der Waals surface area contributed by atoms with Gasteiger partial charge in [-0.15, -0.1) is 0 Å². The van der Waals surface area contributed by atoms with Crippen LogP contribution in [0.3, 0.4) is 0 Å². The maximum absolute atomic E-state index is 12.1. The molecule has 0 saturated carbocycles. The zero-order valence-corrected chi connectivity index (χ0v) is 15.2. The second-order valence-corrected chi connectivity index (χ2v) is 8.62. The summed E-state index contributed by atoms with van der Waals surface area (Å²) in [6.07, 6.45) is 0.889. The number of amides is 1. The Morgan fingerprint density at radius 1 is 1.35 bits per heavy atom. The molecule has 0 bridgehead atoms.